The Kier molecular flexibility index (Phi) is 1.95. The van der Waals surface area contributed by atoms with E-state index in [4.69, 9.17) is 17.3 Å². The van der Waals surface area contributed by atoms with Gasteiger partial charge in [-0.25, -0.2) is 0 Å². The van der Waals surface area contributed by atoms with Crippen LogP contribution in [0.15, 0.2) is 24.3 Å². The zero-order chi connectivity index (χ0) is 8.55. The van der Waals surface area contributed by atoms with Crippen molar-refractivity contribution < 1.29 is 0 Å². The Balaban J connectivity index is 2.13. The fraction of sp³-hybridized carbons (Fsp3) is 0.333. The van der Waals surface area contributed by atoms with Gasteiger partial charge in [0.05, 0.1) is 0 Å². The summed E-state index contributed by atoms with van der Waals surface area (Å²) in [5.41, 5.74) is 6.84. The molecule has 2 rings (SSSR count). The molecule has 1 aliphatic heterocycles. The minimum Gasteiger partial charge on any atom is -0.368 e. The van der Waals surface area contributed by atoms with Crippen molar-refractivity contribution in [1.29, 1.82) is 0 Å². The Hall–Kier alpha value is -0.730. The number of nitrogens with zero attached hydrogens (tertiary/aromatic N) is 1. The number of benzene rings is 1. The molecular weight excluding hydrogens is 172 g/mol. The smallest absolute Gasteiger partial charge is 0.0426 e. The molecule has 0 amide bonds. The van der Waals surface area contributed by atoms with E-state index in [-0.39, 0.29) is 0 Å². The van der Waals surface area contributed by atoms with E-state index < -0.39 is 0 Å². The summed E-state index contributed by atoms with van der Waals surface area (Å²) in [6, 6.07) is 8.20. The van der Waals surface area contributed by atoms with Gasteiger partial charge in [0.1, 0.15) is 0 Å². The van der Waals surface area contributed by atoms with E-state index in [1.807, 2.05) is 18.2 Å². The quantitative estimate of drug-likeness (QED) is 0.713. The predicted octanol–water partition coefficient (Wildman–Crippen LogP) is 1.49. The molecule has 64 valence electrons. The molecule has 2 N–H and O–H groups in total. The van der Waals surface area contributed by atoms with Crippen LogP contribution in [-0.4, -0.2) is 19.1 Å². The summed E-state index contributed by atoms with van der Waals surface area (Å²) in [5, 5.41) is 0.785. The Morgan fingerprint density at radius 2 is 2.17 bits per heavy atom. The van der Waals surface area contributed by atoms with Gasteiger partial charge in [0, 0.05) is 29.8 Å². The van der Waals surface area contributed by atoms with Gasteiger partial charge in [0.15, 0.2) is 0 Å². The third-order valence-corrected chi connectivity index (χ3v) is 2.32. The molecule has 0 aromatic heterocycles. The van der Waals surface area contributed by atoms with Crippen LogP contribution in [0.2, 0.25) is 5.02 Å². The maximum atomic E-state index is 5.85. The highest BCUT2D eigenvalue weighted by molar-refractivity contribution is 6.30. The summed E-state index contributed by atoms with van der Waals surface area (Å²) in [7, 11) is 0. The first-order valence-electron chi connectivity index (χ1n) is 4.02. The number of rotatable bonds is 1. The summed E-state index contributed by atoms with van der Waals surface area (Å²) < 4.78 is 0. The first kappa shape index (κ1) is 7.90. The largest absolute Gasteiger partial charge is 0.368 e. The van der Waals surface area contributed by atoms with Crippen molar-refractivity contribution in [3.8, 4) is 0 Å². The minimum absolute atomic E-state index is 0.337. The average Bonchev–Trinajstić information content (AvgIpc) is 1.99. The molecule has 1 aliphatic rings. The van der Waals surface area contributed by atoms with Gasteiger partial charge in [0.2, 0.25) is 0 Å². The molecule has 1 heterocycles. The van der Waals surface area contributed by atoms with E-state index in [1.54, 1.807) is 0 Å². The van der Waals surface area contributed by atoms with E-state index in [0.717, 1.165) is 18.1 Å². The lowest BCUT2D eigenvalue weighted by molar-refractivity contribution is 0.519. The zero-order valence-electron chi connectivity index (χ0n) is 6.70. The molecule has 1 saturated heterocycles. The van der Waals surface area contributed by atoms with Crippen LogP contribution in [0.5, 0.6) is 0 Å². The Labute approximate surface area is 76.9 Å². The molecule has 0 atom stereocenters. The first-order valence-corrected chi connectivity index (χ1v) is 4.39. The molecule has 2 nitrogen and oxygen atoms in total. The van der Waals surface area contributed by atoms with Crippen molar-refractivity contribution in [3.05, 3.63) is 29.3 Å². The monoisotopic (exact) mass is 182 g/mol. The molecular formula is C9H11ClN2. The van der Waals surface area contributed by atoms with Crippen LogP contribution in [0.25, 0.3) is 0 Å². The topological polar surface area (TPSA) is 29.3 Å². The average molecular weight is 183 g/mol. The summed E-state index contributed by atoms with van der Waals surface area (Å²) in [6.45, 7) is 1.89. The van der Waals surface area contributed by atoms with Crippen molar-refractivity contribution in [3.63, 3.8) is 0 Å². The van der Waals surface area contributed by atoms with Gasteiger partial charge in [0.25, 0.3) is 0 Å². The van der Waals surface area contributed by atoms with Crippen molar-refractivity contribution in [2.45, 2.75) is 6.04 Å². The lowest BCUT2D eigenvalue weighted by Crippen LogP contribution is -2.55. The highest BCUT2D eigenvalue weighted by Crippen LogP contribution is 2.22. The lowest BCUT2D eigenvalue weighted by Gasteiger charge is -2.38. The fourth-order valence-corrected chi connectivity index (χ4v) is 1.58. The van der Waals surface area contributed by atoms with E-state index in [0.29, 0.717) is 6.04 Å². The van der Waals surface area contributed by atoms with E-state index in [2.05, 4.69) is 11.0 Å². The van der Waals surface area contributed by atoms with Gasteiger partial charge >= 0.3 is 0 Å². The molecule has 0 spiro atoms. The summed E-state index contributed by atoms with van der Waals surface area (Å²) in [6.07, 6.45) is 0. The predicted molar refractivity (Wildman–Crippen MR) is 51.6 cm³/mol. The van der Waals surface area contributed by atoms with Crippen LogP contribution in [-0.2, 0) is 0 Å². The maximum absolute atomic E-state index is 5.85. The number of hydrogen-bond donors (Lipinski definition) is 1. The molecule has 0 aliphatic carbocycles. The second kappa shape index (κ2) is 2.96. The lowest BCUT2D eigenvalue weighted by atomic mass is 10.1. The number of anilines is 1. The normalized spacial score (nSPS) is 17.7. The fourth-order valence-electron chi connectivity index (χ4n) is 1.40. The van der Waals surface area contributed by atoms with Crippen LogP contribution >= 0.6 is 11.6 Å². The first-order chi connectivity index (χ1) is 5.75. The van der Waals surface area contributed by atoms with Crippen molar-refractivity contribution in [2.24, 2.45) is 5.73 Å². The Morgan fingerprint density at radius 1 is 1.42 bits per heavy atom. The second-order valence-corrected chi connectivity index (χ2v) is 3.58. The van der Waals surface area contributed by atoms with Crippen molar-refractivity contribution in [2.75, 3.05) is 18.0 Å². The SMILES string of the molecule is NC1CN(c2cccc(Cl)c2)C1. The van der Waals surface area contributed by atoms with Gasteiger partial charge in [-0.05, 0) is 18.2 Å². The Bertz CT molecular complexity index is 282. The molecule has 1 aromatic rings. The highest BCUT2D eigenvalue weighted by atomic mass is 35.5. The molecule has 1 aromatic carbocycles. The maximum Gasteiger partial charge on any atom is 0.0426 e. The van der Waals surface area contributed by atoms with Crippen molar-refractivity contribution >= 4 is 17.3 Å². The number of hydrogen-bond acceptors (Lipinski definition) is 2. The molecule has 0 radical (unpaired) electrons. The molecule has 0 bridgehead atoms. The Morgan fingerprint density at radius 3 is 2.75 bits per heavy atom. The highest BCUT2D eigenvalue weighted by Gasteiger charge is 2.22. The standard InChI is InChI=1S/C9H11ClN2/c10-7-2-1-3-9(4-7)12-5-8(11)6-12/h1-4,8H,5-6,11H2. The van der Waals surface area contributed by atoms with Gasteiger partial charge < -0.3 is 10.6 Å². The van der Waals surface area contributed by atoms with E-state index >= 15 is 0 Å². The van der Waals surface area contributed by atoms with Gasteiger partial charge in [-0.3, -0.25) is 0 Å². The molecule has 1 fully saturated rings. The van der Waals surface area contributed by atoms with Gasteiger partial charge in [-0.1, -0.05) is 17.7 Å². The van der Waals surface area contributed by atoms with E-state index in [1.165, 1.54) is 5.69 Å². The zero-order valence-corrected chi connectivity index (χ0v) is 7.46. The molecule has 3 heteroatoms. The van der Waals surface area contributed by atoms with Crippen LogP contribution in [0.3, 0.4) is 0 Å². The molecule has 0 unspecified atom stereocenters. The molecule has 12 heavy (non-hydrogen) atoms. The van der Waals surface area contributed by atoms with Crippen LogP contribution in [0, 0.1) is 0 Å². The summed E-state index contributed by atoms with van der Waals surface area (Å²) >= 11 is 5.85. The summed E-state index contributed by atoms with van der Waals surface area (Å²) in [5.74, 6) is 0. The number of halogens is 1. The van der Waals surface area contributed by atoms with Gasteiger partial charge in [-0.2, -0.15) is 0 Å². The third kappa shape index (κ3) is 1.40. The van der Waals surface area contributed by atoms with Crippen LogP contribution < -0.4 is 10.6 Å². The van der Waals surface area contributed by atoms with Crippen LogP contribution in [0.4, 0.5) is 5.69 Å². The minimum atomic E-state index is 0.337. The second-order valence-electron chi connectivity index (χ2n) is 3.14. The summed E-state index contributed by atoms with van der Waals surface area (Å²) in [4.78, 5) is 2.22. The van der Waals surface area contributed by atoms with Gasteiger partial charge in [-0.15, -0.1) is 0 Å². The molecule has 0 saturated carbocycles. The van der Waals surface area contributed by atoms with Crippen LogP contribution in [0.1, 0.15) is 0 Å². The number of nitrogens with two attached hydrogens (primary N) is 1. The third-order valence-electron chi connectivity index (χ3n) is 2.08. The van der Waals surface area contributed by atoms with Crippen molar-refractivity contribution in [1.82, 2.24) is 0 Å². The van der Waals surface area contributed by atoms with E-state index in [9.17, 15) is 0 Å².